The van der Waals surface area contributed by atoms with Crippen LogP contribution in [-0.2, 0) is 0 Å². The third kappa shape index (κ3) is 3.19. The second-order valence-electron chi connectivity index (χ2n) is 4.48. The molecule has 0 aliphatic rings. The maximum absolute atomic E-state index is 10.8. The fraction of sp³-hybridized carbons (Fsp3) is 0.231. The Morgan fingerprint density at radius 2 is 2.10 bits per heavy atom. The highest BCUT2D eigenvalue weighted by molar-refractivity contribution is 5.69. The van der Waals surface area contributed by atoms with Gasteiger partial charge in [0.05, 0.1) is 12.0 Å². The van der Waals surface area contributed by atoms with Gasteiger partial charge in [0, 0.05) is 11.6 Å². The Balaban J connectivity index is 2.18. The van der Waals surface area contributed by atoms with E-state index in [2.05, 4.69) is 20.3 Å². The quantitative estimate of drug-likeness (QED) is 0.379. The maximum atomic E-state index is 10.8. The van der Waals surface area contributed by atoms with Gasteiger partial charge in [0.1, 0.15) is 0 Å². The fourth-order valence-corrected chi connectivity index (χ4v) is 1.60. The molecule has 20 heavy (non-hydrogen) atoms. The number of hydrogen-bond donors (Lipinski definition) is 2. The number of imidazole rings is 1. The Morgan fingerprint density at radius 1 is 1.40 bits per heavy atom. The lowest BCUT2D eigenvalue weighted by molar-refractivity contribution is -0.388. The van der Waals surface area contributed by atoms with Crippen LogP contribution in [0.1, 0.15) is 13.8 Å². The summed E-state index contributed by atoms with van der Waals surface area (Å²) in [7, 11) is 0. The minimum atomic E-state index is -0.485. The summed E-state index contributed by atoms with van der Waals surface area (Å²) in [5, 5.41) is 13.9. The number of nitrogens with one attached hydrogen (secondary N) is 2. The van der Waals surface area contributed by atoms with Gasteiger partial charge in [-0.1, -0.05) is 12.1 Å². The lowest BCUT2D eigenvalue weighted by atomic mass is 10.1. The number of benzene rings is 1. The van der Waals surface area contributed by atoms with Crippen molar-refractivity contribution >= 4 is 17.8 Å². The van der Waals surface area contributed by atoms with Crippen LogP contribution in [0.25, 0.3) is 11.3 Å². The molecule has 104 valence electrons. The van der Waals surface area contributed by atoms with Crippen molar-refractivity contribution in [2.75, 3.05) is 0 Å². The molecule has 0 atom stereocenters. The van der Waals surface area contributed by atoms with Crippen molar-refractivity contribution in [1.29, 1.82) is 0 Å². The standard InChI is InChI=1S/C13H15N5O2/c1-9(2)14-7-15-11-5-3-10(4-6-11)12-13(18(19)20)17-8-16-12/h3-9H,1-2H3,(H,14,15)(H,16,17). The number of aliphatic imine (C=N–C) groups is 1. The van der Waals surface area contributed by atoms with Crippen LogP contribution in [0.15, 0.2) is 35.6 Å². The van der Waals surface area contributed by atoms with Gasteiger partial charge in [0.15, 0.2) is 12.0 Å². The summed E-state index contributed by atoms with van der Waals surface area (Å²) in [6.07, 6.45) is 2.95. The molecule has 0 bridgehead atoms. The molecule has 0 amide bonds. The number of rotatable bonds is 5. The lowest BCUT2D eigenvalue weighted by Gasteiger charge is -2.02. The maximum Gasteiger partial charge on any atom is 0.348 e. The van der Waals surface area contributed by atoms with Gasteiger partial charge in [0.2, 0.25) is 0 Å². The molecule has 0 saturated carbocycles. The molecule has 0 aliphatic carbocycles. The van der Waals surface area contributed by atoms with Crippen LogP contribution in [-0.4, -0.2) is 27.3 Å². The zero-order chi connectivity index (χ0) is 14.5. The smallest absolute Gasteiger partial charge is 0.348 e. The van der Waals surface area contributed by atoms with Gasteiger partial charge < -0.3 is 15.4 Å². The summed E-state index contributed by atoms with van der Waals surface area (Å²) in [5.74, 6) is -0.109. The normalized spacial score (nSPS) is 11.2. The molecular weight excluding hydrogens is 258 g/mol. The Kier molecular flexibility index (Phi) is 4.09. The first-order valence-electron chi connectivity index (χ1n) is 6.14. The molecule has 2 aromatic rings. The van der Waals surface area contributed by atoms with E-state index in [1.54, 1.807) is 30.6 Å². The van der Waals surface area contributed by atoms with E-state index in [0.717, 1.165) is 5.69 Å². The summed E-state index contributed by atoms with van der Waals surface area (Å²) >= 11 is 0. The molecule has 0 unspecified atom stereocenters. The predicted molar refractivity (Wildman–Crippen MR) is 77.1 cm³/mol. The molecular formula is C13H15N5O2. The molecule has 7 heteroatoms. The first-order valence-corrected chi connectivity index (χ1v) is 6.14. The van der Waals surface area contributed by atoms with E-state index in [9.17, 15) is 10.1 Å². The summed E-state index contributed by atoms with van der Waals surface area (Å²) < 4.78 is 0. The van der Waals surface area contributed by atoms with Gasteiger partial charge in [-0.2, -0.15) is 0 Å². The molecule has 0 radical (unpaired) electrons. The Bertz CT molecular complexity index is 616. The van der Waals surface area contributed by atoms with Crippen molar-refractivity contribution < 1.29 is 4.92 Å². The van der Waals surface area contributed by atoms with E-state index < -0.39 is 4.92 Å². The van der Waals surface area contributed by atoms with Crippen LogP contribution >= 0.6 is 0 Å². The average molecular weight is 273 g/mol. The summed E-state index contributed by atoms with van der Waals surface area (Å²) in [6, 6.07) is 7.40. The second kappa shape index (κ2) is 5.96. The number of nitrogens with zero attached hydrogens (tertiary/aromatic N) is 3. The van der Waals surface area contributed by atoms with Crippen molar-refractivity contribution in [3.8, 4) is 11.3 Å². The van der Waals surface area contributed by atoms with Crippen LogP contribution in [0.3, 0.4) is 0 Å². The van der Waals surface area contributed by atoms with Crippen LogP contribution in [0.2, 0.25) is 0 Å². The Morgan fingerprint density at radius 3 is 2.70 bits per heavy atom. The topological polar surface area (TPSA) is 96.2 Å². The minimum Gasteiger partial charge on any atom is -0.374 e. The van der Waals surface area contributed by atoms with Gasteiger partial charge in [-0.05, 0) is 30.9 Å². The molecule has 0 saturated heterocycles. The number of H-pyrrole nitrogens is 1. The molecule has 7 nitrogen and oxygen atoms in total. The van der Waals surface area contributed by atoms with Crippen LogP contribution in [0, 0.1) is 10.1 Å². The summed E-state index contributed by atoms with van der Waals surface area (Å²) in [5.41, 5.74) is 1.76. The van der Waals surface area contributed by atoms with E-state index in [-0.39, 0.29) is 5.82 Å². The average Bonchev–Trinajstić information content (AvgIpc) is 2.88. The number of aromatic amines is 1. The first kappa shape index (κ1) is 13.7. The highest BCUT2D eigenvalue weighted by Gasteiger charge is 2.16. The third-order valence-electron chi connectivity index (χ3n) is 2.56. The first-order chi connectivity index (χ1) is 9.58. The minimum absolute atomic E-state index is 0.109. The van der Waals surface area contributed by atoms with E-state index in [1.807, 2.05) is 13.8 Å². The van der Waals surface area contributed by atoms with Crippen molar-refractivity contribution in [3.63, 3.8) is 0 Å². The van der Waals surface area contributed by atoms with Crippen molar-refractivity contribution in [2.45, 2.75) is 19.9 Å². The Labute approximate surface area is 115 Å². The molecule has 0 fully saturated rings. The summed E-state index contributed by atoms with van der Waals surface area (Å²) in [4.78, 5) is 21.1. The second-order valence-corrected chi connectivity index (χ2v) is 4.48. The molecule has 0 aliphatic heterocycles. The molecule has 1 aromatic heterocycles. The molecule has 0 spiro atoms. The van der Waals surface area contributed by atoms with Crippen LogP contribution < -0.4 is 5.32 Å². The predicted octanol–water partition coefficient (Wildman–Crippen LogP) is 2.64. The van der Waals surface area contributed by atoms with Gasteiger partial charge in [-0.3, -0.25) is 0 Å². The highest BCUT2D eigenvalue weighted by Crippen LogP contribution is 2.27. The Hall–Kier alpha value is -2.70. The molecule has 2 N–H and O–H groups in total. The van der Waals surface area contributed by atoms with E-state index in [4.69, 9.17) is 0 Å². The van der Waals surface area contributed by atoms with Gasteiger partial charge in [0.25, 0.3) is 0 Å². The zero-order valence-corrected chi connectivity index (χ0v) is 11.2. The number of nitro groups is 1. The van der Waals surface area contributed by atoms with Gasteiger partial charge in [-0.25, -0.2) is 15.0 Å². The van der Waals surface area contributed by atoms with Crippen molar-refractivity contribution in [3.05, 3.63) is 40.7 Å². The SMILES string of the molecule is CC(C)NC=Nc1ccc(-c2nc[nH]c2[N+](=O)[O-])cc1. The van der Waals surface area contributed by atoms with E-state index >= 15 is 0 Å². The molecule has 1 aromatic carbocycles. The monoisotopic (exact) mass is 273 g/mol. The van der Waals surface area contributed by atoms with Crippen LogP contribution in [0.5, 0.6) is 0 Å². The van der Waals surface area contributed by atoms with E-state index in [1.165, 1.54) is 6.33 Å². The lowest BCUT2D eigenvalue weighted by Crippen LogP contribution is -2.19. The fourth-order valence-electron chi connectivity index (χ4n) is 1.60. The molecule has 1 heterocycles. The summed E-state index contributed by atoms with van der Waals surface area (Å²) in [6.45, 7) is 4.04. The largest absolute Gasteiger partial charge is 0.374 e. The van der Waals surface area contributed by atoms with Gasteiger partial charge >= 0.3 is 5.82 Å². The van der Waals surface area contributed by atoms with Crippen molar-refractivity contribution in [1.82, 2.24) is 15.3 Å². The number of aromatic nitrogens is 2. The van der Waals surface area contributed by atoms with Crippen molar-refractivity contribution in [2.24, 2.45) is 4.99 Å². The van der Waals surface area contributed by atoms with Gasteiger partial charge in [-0.15, -0.1) is 0 Å². The van der Waals surface area contributed by atoms with E-state index in [0.29, 0.717) is 17.3 Å². The molecule has 2 rings (SSSR count). The zero-order valence-electron chi connectivity index (χ0n) is 11.2. The van der Waals surface area contributed by atoms with Crippen LogP contribution in [0.4, 0.5) is 11.5 Å². The number of hydrogen-bond acceptors (Lipinski definition) is 4. The third-order valence-corrected chi connectivity index (χ3v) is 2.56. The highest BCUT2D eigenvalue weighted by atomic mass is 16.6.